The van der Waals surface area contributed by atoms with Crippen LogP contribution in [-0.2, 0) is 0 Å². The summed E-state index contributed by atoms with van der Waals surface area (Å²) in [7, 11) is 0. The highest BCUT2D eigenvalue weighted by molar-refractivity contribution is 7.99. The Morgan fingerprint density at radius 1 is 0.947 bits per heavy atom. The Hall–Kier alpha value is -2.14. The predicted molar refractivity (Wildman–Crippen MR) is 74.5 cm³/mol. The maximum Gasteiger partial charge on any atom is 0.221 e. The fraction of sp³-hybridized carbons (Fsp3) is 0. The van der Waals surface area contributed by atoms with Crippen molar-refractivity contribution in [1.29, 1.82) is 0 Å². The van der Waals surface area contributed by atoms with Gasteiger partial charge < -0.3 is 5.73 Å². The maximum absolute atomic E-state index is 13.7. The van der Waals surface area contributed by atoms with Gasteiger partial charge in [-0.25, -0.2) is 14.4 Å². The second-order valence-corrected chi connectivity index (χ2v) is 4.97. The minimum Gasteiger partial charge on any atom is -0.368 e. The van der Waals surface area contributed by atoms with Crippen molar-refractivity contribution in [3.63, 3.8) is 0 Å². The zero-order valence-corrected chi connectivity index (χ0v) is 10.7. The van der Waals surface area contributed by atoms with E-state index in [1.807, 2.05) is 24.3 Å². The molecule has 0 amide bonds. The van der Waals surface area contributed by atoms with Gasteiger partial charge in [-0.2, -0.15) is 0 Å². The van der Waals surface area contributed by atoms with Gasteiger partial charge in [0, 0.05) is 10.3 Å². The zero-order chi connectivity index (χ0) is 13.2. The molecule has 3 rings (SSSR count). The number of nitrogens with zero attached hydrogens (tertiary/aromatic N) is 2. The van der Waals surface area contributed by atoms with Crippen molar-refractivity contribution >= 4 is 28.6 Å². The first-order valence-electron chi connectivity index (χ1n) is 5.69. The molecule has 0 aliphatic rings. The lowest BCUT2D eigenvalue weighted by Crippen LogP contribution is -1.97. The Labute approximate surface area is 113 Å². The average Bonchev–Trinajstić information content (AvgIpc) is 2.41. The summed E-state index contributed by atoms with van der Waals surface area (Å²) in [5, 5.41) is 1.53. The first-order valence-corrected chi connectivity index (χ1v) is 6.50. The molecule has 0 aliphatic heterocycles. The van der Waals surface area contributed by atoms with Crippen molar-refractivity contribution < 1.29 is 4.39 Å². The van der Waals surface area contributed by atoms with E-state index in [2.05, 4.69) is 9.97 Å². The number of halogens is 1. The van der Waals surface area contributed by atoms with Gasteiger partial charge in [0.1, 0.15) is 10.8 Å². The topological polar surface area (TPSA) is 51.8 Å². The van der Waals surface area contributed by atoms with Crippen LogP contribution in [0.3, 0.4) is 0 Å². The number of hydrogen-bond donors (Lipinski definition) is 1. The van der Waals surface area contributed by atoms with Crippen molar-refractivity contribution in [3.8, 4) is 0 Å². The Kier molecular flexibility index (Phi) is 3.05. The SMILES string of the molecule is Nc1nc(Sc2ccccc2F)c2ccccc2n1. The zero-order valence-electron chi connectivity index (χ0n) is 9.88. The van der Waals surface area contributed by atoms with Gasteiger partial charge in [0.05, 0.1) is 5.52 Å². The average molecular weight is 271 g/mol. The first-order chi connectivity index (χ1) is 9.24. The van der Waals surface area contributed by atoms with Gasteiger partial charge in [0.2, 0.25) is 5.95 Å². The van der Waals surface area contributed by atoms with Crippen LogP contribution in [0.5, 0.6) is 0 Å². The highest BCUT2D eigenvalue weighted by atomic mass is 32.2. The molecule has 1 heterocycles. The highest BCUT2D eigenvalue weighted by Crippen LogP contribution is 2.33. The van der Waals surface area contributed by atoms with Crippen molar-refractivity contribution in [1.82, 2.24) is 9.97 Å². The van der Waals surface area contributed by atoms with Crippen LogP contribution in [0.4, 0.5) is 10.3 Å². The van der Waals surface area contributed by atoms with Crippen molar-refractivity contribution in [2.24, 2.45) is 0 Å². The van der Waals surface area contributed by atoms with Crippen LogP contribution in [0.25, 0.3) is 10.9 Å². The molecular formula is C14H10FN3S. The van der Waals surface area contributed by atoms with E-state index < -0.39 is 0 Å². The second kappa shape index (κ2) is 4.85. The number of nitrogen functional groups attached to an aromatic ring is 1. The Morgan fingerprint density at radius 2 is 1.68 bits per heavy atom. The minimum atomic E-state index is -0.270. The highest BCUT2D eigenvalue weighted by Gasteiger charge is 2.09. The van der Waals surface area contributed by atoms with Gasteiger partial charge in [0.15, 0.2) is 0 Å². The van der Waals surface area contributed by atoms with Gasteiger partial charge in [0.25, 0.3) is 0 Å². The Balaban J connectivity index is 2.13. The number of benzene rings is 2. The lowest BCUT2D eigenvalue weighted by atomic mass is 10.2. The standard InChI is InChI=1S/C14H10FN3S/c15-10-6-2-4-8-12(10)19-13-9-5-1-3-7-11(9)17-14(16)18-13/h1-8H,(H2,16,17,18). The lowest BCUT2D eigenvalue weighted by Gasteiger charge is -2.06. The van der Waals surface area contributed by atoms with E-state index in [1.54, 1.807) is 18.2 Å². The minimum absolute atomic E-state index is 0.192. The summed E-state index contributed by atoms with van der Waals surface area (Å²) in [5.41, 5.74) is 6.45. The molecule has 0 atom stereocenters. The van der Waals surface area contributed by atoms with Gasteiger partial charge in [-0.15, -0.1) is 0 Å². The number of rotatable bonds is 2. The molecule has 3 nitrogen and oxygen atoms in total. The van der Waals surface area contributed by atoms with Crippen LogP contribution in [0, 0.1) is 5.82 Å². The molecule has 3 aromatic rings. The molecule has 0 bridgehead atoms. The van der Waals surface area contributed by atoms with E-state index in [1.165, 1.54) is 17.8 Å². The number of fused-ring (bicyclic) bond motifs is 1. The first kappa shape index (κ1) is 11.9. The molecular weight excluding hydrogens is 261 g/mol. The van der Waals surface area contributed by atoms with E-state index in [9.17, 15) is 4.39 Å². The fourth-order valence-corrected chi connectivity index (χ4v) is 2.72. The molecule has 0 saturated carbocycles. The summed E-state index contributed by atoms with van der Waals surface area (Å²) in [6.45, 7) is 0. The lowest BCUT2D eigenvalue weighted by molar-refractivity contribution is 0.602. The molecule has 0 unspecified atom stereocenters. The van der Waals surface area contributed by atoms with Gasteiger partial charge >= 0.3 is 0 Å². The summed E-state index contributed by atoms with van der Waals surface area (Å²) in [4.78, 5) is 8.88. The third-order valence-corrected chi connectivity index (χ3v) is 3.68. The largest absolute Gasteiger partial charge is 0.368 e. The Bertz CT molecular complexity index is 746. The van der Waals surface area contributed by atoms with Gasteiger partial charge in [-0.05, 0) is 18.2 Å². The third-order valence-electron chi connectivity index (χ3n) is 2.63. The summed E-state index contributed by atoms with van der Waals surface area (Å²) in [6.07, 6.45) is 0. The van der Waals surface area contributed by atoms with E-state index in [4.69, 9.17) is 5.73 Å². The number of aromatic nitrogens is 2. The van der Waals surface area contributed by atoms with E-state index in [0.717, 1.165) is 10.9 Å². The maximum atomic E-state index is 13.7. The molecule has 2 N–H and O–H groups in total. The van der Waals surface area contributed by atoms with Crippen LogP contribution < -0.4 is 5.73 Å². The van der Waals surface area contributed by atoms with Crippen molar-refractivity contribution in [2.75, 3.05) is 5.73 Å². The van der Waals surface area contributed by atoms with Crippen molar-refractivity contribution in [3.05, 3.63) is 54.3 Å². The Morgan fingerprint density at radius 3 is 2.53 bits per heavy atom. The molecule has 0 fully saturated rings. The molecule has 0 spiro atoms. The molecule has 0 aliphatic carbocycles. The van der Waals surface area contributed by atoms with Crippen LogP contribution in [0.1, 0.15) is 0 Å². The molecule has 0 radical (unpaired) electrons. The van der Waals surface area contributed by atoms with E-state index in [0.29, 0.717) is 9.92 Å². The monoisotopic (exact) mass is 271 g/mol. The van der Waals surface area contributed by atoms with E-state index >= 15 is 0 Å². The van der Waals surface area contributed by atoms with Crippen LogP contribution in [0.2, 0.25) is 0 Å². The number of para-hydroxylation sites is 1. The summed E-state index contributed by atoms with van der Waals surface area (Å²) >= 11 is 1.25. The fourth-order valence-electron chi connectivity index (χ4n) is 1.77. The van der Waals surface area contributed by atoms with E-state index in [-0.39, 0.29) is 11.8 Å². The molecule has 19 heavy (non-hydrogen) atoms. The normalized spacial score (nSPS) is 10.8. The predicted octanol–water partition coefficient (Wildman–Crippen LogP) is 3.50. The molecule has 94 valence electrons. The number of hydrogen-bond acceptors (Lipinski definition) is 4. The summed E-state index contributed by atoms with van der Waals surface area (Å²) in [6, 6.07) is 14.1. The summed E-state index contributed by atoms with van der Waals surface area (Å²) in [5.74, 6) is -0.0775. The smallest absolute Gasteiger partial charge is 0.221 e. The molecule has 1 aromatic heterocycles. The number of nitrogens with two attached hydrogens (primary N) is 1. The quantitative estimate of drug-likeness (QED) is 0.725. The molecule has 0 saturated heterocycles. The van der Waals surface area contributed by atoms with Gasteiger partial charge in [-0.3, -0.25) is 0 Å². The summed E-state index contributed by atoms with van der Waals surface area (Å²) < 4.78 is 13.7. The number of anilines is 1. The van der Waals surface area contributed by atoms with Crippen LogP contribution >= 0.6 is 11.8 Å². The van der Waals surface area contributed by atoms with Gasteiger partial charge in [-0.1, -0.05) is 42.1 Å². The second-order valence-electron chi connectivity index (χ2n) is 3.94. The third kappa shape index (κ3) is 2.37. The molecule has 2 aromatic carbocycles. The van der Waals surface area contributed by atoms with Crippen LogP contribution in [-0.4, -0.2) is 9.97 Å². The molecule has 5 heteroatoms. The van der Waals surface area contributed by atoms with Crippen molar-refractivity contribution in [2.45, 2.75) is 9.92 Å². The van der Waals surface area contributed by atoms with Crippen LogP contribution in [0.15, 0.2) is 58.5 Å².